The Morgan fingerprint density at radius 1 is 1.29 bits per heavy atom. The van der Waals surface area contributed by atoms with Crippen molar-refractivity contribution >= 4 is 5.91 Å². The highest BCUT2D eigenvalue weighted by Gasteiger charge is 2.52. The zero-order valence-electron chi connectivity index (χ0n) is 13.3. The molecule has 4 heterocycles. The Hall–Kier alpha value is -2.47. The van der Waals surface area contributed by atoms with Crippen LogP contribution in [-0.2, 0) is 4.74 Å². The van der Waals surface area contributed by atoms with Gasteiger partial charge in [0.25, 0.3) is 5.91 Å². The van der Waals surface area contributed by atoms with Crippen LogP contribution in [0.2, 0.25) is 0 Å². The summed E-state index contributed by atoms with van der Waals surface area (Å²) in [5.41, 5.74) is 0.535. The van der Waals surface area contributed by atoms with Gasteiger partial charge in [0.15, 0.2) is 0 Å². The SMILES string of the molecule is O=C(c1ccncc1)N1C[C@@H]2COC[C@]2(COc2cccnc2)C1. The predicted octanol–water partition coefficient (Wildman–Crippen LogP) is 1.64. The number of ether oxygens (including phenoxy) is 2. The average Bonchev–Trinajstić information content (AvgIpc) is 3.18. The molecule has 0 radical (unpaired) electrons. The fourth-order valence-corrected chi connectivity index (χ4v) is 3.53. The minimum absolute atomic E-state index is 0.0487. The van der Waals surface area contributed by atoms with E-state index in [1.165, 1.54) is 0 Å². The van der Waals surface area contributed by atoms with E-state index >= 15 is 0 Å². The van der Waals surface area contributed by atoms with Gasteiger partial charge in [0.05, 0.1) is 31.4 Å². The molecule has 24 heavy (non-hydrogen) atoms. The summed E-state index contributed by atoms with van der Waals surface area (Å²) in [5.74, 6) is 1.10. The molecule has 2 fully saturated rings. The Balaban J connectivity index is 1.48. The maximum atomic E-state index is 12.7. The van der Waals surface area contributed by atoms with E-state index in [4.69, 9.17) is 9.47 Å². The predicted molar refractivity (Wildman–Crippen MR) is 86.6 cm³/mol. The quantitative estimate of drug-likeness (QED) is 0.855. The molecule has 0 bridgehead atoms. The zero-order valence-corrected chi connectivity index (χ0v) is 13.3. The molecule has 0 aliphatic carbocycles. The summed E-state index contributed by atoms with van der Waals surface area (Å²) < 4.78 is 11.6. The van der Waals surface area contributed by atoms with E-state index in [1.54, 1.807) is 36.9 Å². The highest BCUT2D eigenvalue weighted by atomic mass is 16.5. The molecule has 4 rings (SSSR count). The molecule has 0 saturated carbocycles. The molecule has 0 spiro atoms. The van der Waals surface area contributed by atoms with Gasteiger partial charge in [-0.3, -0.25) is 14.8 Å². The molecule has 0 unspecified atom stereocenters. The normalized spacial score (nSPS) is 25.5. The fourth-order valence-electron chi connectivity index (χ4n) is 3.53. The third-order valence-electron chi connectivity index (χ3n) is 4.90. The van der Waals surface area contributed by atoms with E-state index in [9.17, 15) is 4.79 Å². The van der Waals surface area contributed by atoms with Crippen molar-refractivity contribution in [3.63, 3.8) is 0 Å². The number of fused-ring (bicyclic) bond motifs is 1. The standard InChI is InChI=1S/C18H19N3O3/c22-17(14-3-6-19-7-4-14)21-9-15-10-23-12-18(15,11-21)13-24-16-2-1-5-20-8-16/h1-8,15H,9-13H2/t15-,18+/m1/s1. The van der Waals surface area contributed by atoms with Crippen molar-refractivity contribution in [1.82, 2.24) is 14.9 Å². The van der Waals surface area contributed by atoms with E-state index in [2.05, 4.69) is 9.97 Å². The topological polar surface area (TPSA) is 64.6 Å². The summed E-state index contributed by atoms with van der Waals surface area (Å²) in [5, 5.41) is 0. The fraction of sp³-hybridized carbons (Fsp3) is 0.389. The lowest BCUT2D eigenvalue weighted by atomic mass is 9.82. The van der Waals surface area contributed by atoms with Gasteiger partial charge in [-0.25, -0.2) is 0 Å². The highest BCUT2D eigenvalue weighted by molar-refractivity contribution is 5.94. The van der Waals surface area contributed by atoms with Gasteiger partial charge >= 0.3 is 0 Å². The van der Waals surface area contributed by atoms with Gasteiger partial charge in [-0.15, -0.1) is 0 Å². The van der Waals surface area contributed by atoms with E-state index < -0.39 is 0 Å². The molecule has 2 aromatic heterocycles. The van der Waals surface area contributed by atoms with Crippen LogP contribution in [0.5, 0.6) is 5.75 Å². The Bertz CT molecular complexity index is 710. The first-order valence-corrected chi connectivity index (χ1v) is 8.07. The maximum absolute atomic E-state index is 12.7. The first-order chi connectivity index (χ1) is 11.8. The molecule has 6 heteroatoms. The Morgan fingerprint density at radius 3 is 2.96 bits per heavy atom. The lowest BCUT2D eigenvalue weighted by molar-refractivity contribution is 0.0659. The minimum atomic E-state index is -0.140. The number of carbonyl (C=O) groups excluding carboxylic acids is 1. The van der Waals surface area contributed by atoms with Crippen molar-refractivity contribution in [3.05, 3.63) is 54.6 Å². The number of rotatable bonds is 4. The summed E-state index contributed by atoms with van der Waals surface area (Å²) in [6, 6.07) is 7.25. The van der Waals surface area contributed by atoms with Crippen molar-refractivity contribution < 1.29 is 14.3 Å². The van der Waals surface area contributed by atoms with Gasteiger partial charge < -0.3 is 14.4 Å². The molecule has 6 nitrogen and oxygen atoms in total. The number of hydrogen-bond donors (Lipinski definition) is 0. The lowest BCUT2D eigenvalue weighted by Gasteiger charge is -2.27. The van der Waals surface area contributed by atoms with Gasteiger partial charge in [-0.2, -0.15) is 0 Å². The summed E-state index contributed by atoms with van der Waals surface area (Å²) in [6.07, 6.45) is 6.72. The summed E-state index contributed by atoms with van der Waals surface area (Å²) in [4.78, 5) is 22.7. The van der Waals surface area contributed by atoms with E-state index in [-0.39, 0.29) is 11.3 Å². The summed E-state index contributed by atoms with van der Waals surface area (Å²) >= 11 is 0. The second-order valence-corrected chi connectivity index (χ2v) is 6.47. The molecule has 1 amide bonds. The van der Waals surface area contributed by atoms with Crippen LogP contribution in [0.25, 0.3) is 0 Å². The molecule has 2 aliphatic rings. The van der Waals surface area contributed by atoms with Crippen LogP contribution in [0.15, 0.2) is 49.1 Å². The van der Waals surface area contributed by atoms with Crippen LogP contribution >= 0.6 is 0 Å². The minimum Gasteiger partial charge on any atom is -0.491 e. The Labute approximate surface area is 140 Å². The van der Waals surface area contributed by atoms with Crippen molar-refractivity contribution in [2.75, 3.05) is 32.9 Å². The Morgan fingerprint density at radius 2 is 2.17 bits per heavy atom. The van der Waals surface area contributed by atoms with Gasteiger partial charge in [-0.1, -0.05) is 0 Å². The number of carbonyl (C=O) groups is 1. The largest absolute Gasteiger partial charge is 0.491 e. The second-order valence-electron chi connectivity index (χ2n) is 6.47. The first-order valence-electron chi connectivity index (χ1n) is 8.07. The second kappa shape index (κ2) is 6.20. The molecule has 2 aliphatic heterocycles. The van der Waals surface area contributed by atoms with Crippen LogP contribution in [0.3, 0.4) is 0 Å². The zero-order chi connectivity index (χ0) is 16.4. The molecule has 124 valence electrons. The highest BCUT2D eigenvalue weighted by Crippen LogP contribution is 2.42. The molecule has 0 aromatic carbocycles. The first kappa shape index (κ1) is 15.1. The van der Waals surface area contributed by atoms with E-state index in [0.29, 0.717) is 44.4 Å². The molecule has 0 N–H and O–H groups in total. The third kappa shape index (κ3) is 2.73. The summed E-state index contributed by atoms with van der Waals surface area (Å²) in [7, 11) is 0. The van der Waals surface area contributed by atoms with Gasteiger partial charge in [-0.05, 0) is 24.3 Å². The van der Waals surface area contributed by atoms with Crippen LogP contribution in [0.4, 0.5) is 0 Å². The maximum Gasteiger partial charge on any atom is 0.253 e. The smallest absolute Gasteiger partial charge is 0.253 e. The number of nitrogens with zero attached hydrogens (tertiary/aromatic N) is 3. The number of aromatic nitrogens is 2. The molecule has 2 saturated heterocycles. The molecule has 2 atom stereocenters. The van der Waals surface area contributed by atoms with Crippen LogP contribution in [0, 0.1) is 11.3 Å². The van der Waals surface area contributed by atoms with Crippen molar-refractivity contribution in [3.8, 4) is 5.75 Å². The molecular weight excluding hydrogens is 306 g/mol. The lowest BCUT2D eigenvalue weighted by Crippen LogP contribution is -2.38. The number of likely N-dealkylation sites (tertiary alicyclic amines) is 1. The molecular formula is C18H19N3O3. The van der Waals surface area contributed by atoms with E-state index in [1.807, 2.05) is 17.0 Å². The van der Waals surface area contributed by atoms with Gasteiger partial charge in [0, 0.05) is 43.2 Å². The summed E-state index contributed by atoms with van der Waals surface area (Å²) in [6.45, 7) is 3.19. The van der Waals surface area contributed by atoms with Crippen molar-refractivity contribution in [1.29, 1.82) is 0 Å². The van der Waals surface area contributed by atoms with Crippen LogP contribution in [0.1, 0.15) is 10.4 Å². The average molecular weight is 325 g/mol. The van der Waals surface area contributed by atoms with E-state index in [0.717, 1.165) is 5.75 Å². The Kier molecular flexibility index (Phi) is 3.90. The van der Waals surface area contributed by atoms with Crippen LogP contribution in [-0.4, -0.2) is 53.7 Å². The van der Waals surface area contributed by atoms with Crippen molar-refractivity contribution in [2.45, 2.75) is 0 Å². The number of amides is 1. The van der Waals surface area contributed by atoms with Crippen LogP contribution < -0.4 is 4.74 Å². The monoisotopic (exact) mass is 325 g/mol. The third-order valence-corrected chi connectivity index (χ3v) is 4.90. The van der Waals surface area contributed by atoms with Crippen molar-refractivity contribution in [2.24, 2.45) is 11.3 Å². The van der Waals surface area contributed by atoms with Gasteiger partial charge in [0.2, 0.25) is 0 Å². The number of pyridine rings is 2. The molecule has 2 aromatic rings. The number of hydrogen-bond acceptors (Lipinski definition) is 5. The van der Waals surface area contributed by atoms with Gasteiger partial charge in [0.1, 0.15) is 5.75 Å².